The second-order valence-corrected chi connectivity index (χ2v) is 5.04. The lowest BCUT2D eigenvalue weighted by Crippen LogP contribution is -2.31. The Morgan fingerprint density at radius 3 is 2.40 bits per heavy atom. The van der Waals surface area contributed by atoms with Crippen LogP contribution in [0.4, 0.5) is 21.9 Å². The van der Waals surface area contributed by atoms with Gasteiger partial charge in [-0.25, -0.2) is 9.59 Å². The third-order valence-electron chi connectivity index (χ3n) is 3.24. The first-order valence-corrected chi connectivity index (χ1v) is 7.18. The van der Waals surface area contributed by atoms with Crippen molar-refractivity contribution in [1.82, 2.24) is 5.32 Å². The molecule has 136 valence electrons. The quantitative estimate of drug-likeness (QED) is 0.273. The summed E-state index contributed by atoms with van der Waals surface area (Å²) in [6, 6.07) is 1.09. The lowest BCUT2D eigenvalue weighted by atomic mass is 10.1. The number of nitrogens with one attached hydrogen (secondary N) is 2. The number of primary amides is 1. The number of nitro benzene ring substituents is 2. The number of unbranched alkanes of at least 4 members (excludes halogenated alkanes) is 1. The van der Waals surface area contributed by atoms with Crippen molar-refractivity contribution in [2.24, 2.45) is 5.73 Å². The second-order valence-electron chi connectivity index (χ2n) is 5.04. The van der Waals surface area contributed by atoms with Crippen LogP contribution in [-0.4, -0.2) is 39.5 Å². The van der Waals surface area contributed by atoms with E-state index in [1.54, 1.807) is 0 Å². The lowest BCUT2D eigenvalue weighted by molar-refractivity contribution is -0.393. The molecule has 0 saturated heterocycles. The molecule has 12 heteroatoms. The normalized spacial score (nSPS) is 11.4. The molecule has 5 N–H and O–H groups in total. The molecule has 1 atom stereocenters. The van der Waals surface area contributed by atoms with Gasteiger partial charge in [0.2, 0.25) is 0 Å². The Labute approximate surface area is 141 Å². The van der Waals surface area contributed by atoms with Crippen LogP contribution >= 0.6 is 0 Å². The van der Waals surface area contributed by atoms with Crippen LogP contribution in [0.2, 0.25) is 0 Å². The Hall–Kier alpha value is -3.44. The molecule has 0 aliphatic rings. The summed E-state index contributed by atoms with van der Waals surface area (Å²) in [5.41, 5.74) is 3.71. The average Bonchev–Trinajstić information content (AvgIpc) is 2.52. The summed E-state index contributed by atoms with van der Waals surface area (Å²) in [6.45, 7) is 0.277. The summed E-state index contributed by atoms with van der Waals surface area (Å²) < 4.78 is 0. The van der Waals surface area contributed by atoms with E-state index in [0.29, 0.717) is 12.8 Å². The number of hydrogen-bond acceptors (Lipinski definition) is 7. The van der Waals surface area contributed by atoms with Crippen molar-refractivity contribution in [3.05, 3.63) is 38.4 Å². The molecule has 1 aromatic carbocycles. The van der Waals surface area contributed by atoms with Crippen LogP contribution in [0.1, 0.15) is 19.3 Å². The molecule has 0 saturated carbocycles. The molecule has 0 radical (unpaired) electrons. The van der Waals surface area contributed by atoms with Crippen molar-refractivity contribution in [2.45, 2.75) is 25.3 Å². The predicted molar refractivity (Wildman–Crippen MR) is 86.2 cm³/mol. The van der Waals surface area contributed by atoms with Crippen LogP contribution in [0.15, 0.2) is 18.2 Å². The zero-order valence-electron chi connectivity index (χ0n) is 13.0. The molecular weight excluding hydrogens is 338 g/mol. The second kappa shape index (κ2) is 9.00. The molecule has 25 heavy (non-hydrogen) atoms. The standard InChI is InChI=1S/C13H17N5O7/c14-13(21)15-6-2-1-3-10(12(19)20)16-9-5-4-8(17(22)23)7-11(9)18(24)25/h4-5,7,10,16H,1-3,6H2,(H,19,20)(H3,14,15,21). The van der Waals surface area contributed by atoms with Gasteiger partial charge in [0.1, 0.15) is 11.7 Å². The molecule has 0 aliphatic carbocycles. The molecule has 0 bridgehead atoms. The number of urea groups is 1. The fraction of sp³-hybridized carbons (Fsp3) is 0.385. The number of nitro groups is 2. The highest BCUT2D eigenvalue weighted by Gasteiger charge is 2.24. The molecule has 0 aliphatic heterocycles. The molecule has 0 aromatic heterocycles. The number of carboxylic acids is 1. The number of nitrogens with zero attached hydrogens (tertiary/aromatic N) is 2. The number of rotatable bonds is 10. The van der Waals surface area contributed by atoms with E-state index in [0.717, 1.165) is 18.2 Å². The number of carboxylic acid groups (broad SMARTS) is 1. The fourth-order valence-corrected chi connectivity index (χ4v) is 2.04. The predicted octanol–water partition coefficient (Wildman–Crippen LogP) is 1.21. The minimum atomic E-state index is -1.23. The number of benzene rings is 1. The molecule has 1 rings (SSSR count). The van der Waals surface area contributed by atoms with Crippen molar-refractivity contribution < 1.29 is 24.5 Å². The van der Waals surface area contributed by atoms with E-state index in [-0.39, 0.29) is 18.7 Å². The van der Waals surface area contributed by atoms with Gasteiger partial charge in [0.05, 0.1) is 15.9 Å². The molecule has 1 unspecified atom stereocenters. The number of aliphatic carboxylic acids is 1. The largest absolute Gasteiger partial charge is 0.480 e. The van der Waals surface area contributed by atoms with Crippen molar-refractivity contribution in [1.29, 1.82) is 0 Å². The SMILES string of the molecule is NC(=O)NCCCCC(Nc1ccc([N+](=O)[O-])cc1[N+](=O)[O-])C(=O)O. The van der Waals surface area contributed by atoms with Crippen LogP contribution in [0.5, 0.6) is 0 Å². The number of amides is 2. The van der Waals surface area contributed by atoms with Crippen LogP contribution in [0, 0.1) is 20.2 Å². The molecular formula is C13H17N5O7. The van der Waals surface area contributed by atoms with Gasteiger partial charge in [0, 0.05) is 12.6 Å². The maximum absolute atomic E-state index is 11.3. The number of carbonyl (C=O) groups excluding carboxylic acids is 1. The van der Waals surface area contributed by atoms with Gasteiger partial charge in [0.25, 0.3) is 11.4 Å². The van der Waals surface area contributed by atoms with Gasteiger partial charge < -0.3 is 21.5 Å². The Bertz CT molecular complexity index is 679. The summed E-state index contributed by atoms with van der Waals surface area (Å²) in [6.07, 6.45) is 1.01. The third-order valence-corrected chi connectivity index (χ3v) is 3.24. The number of anilines is 1. The van der Waals surface area contributed by atoms with Crippen LogP contribution in [-0.2, 0) is 4.79 Å². The van der Waals surface area contributed by atoms with E-state index < -0.39 is 39.3 Å². The average molecular weight is 355 g/mol. The van der Waals surface area contributed by atoms with Crippen LogP contribution in [0.3, 0.4) is 0 Å². The number of non-ortho nitro benzene ring substituents is 1. The topological polar surface area (TPSA) is 191 Å². The van der Waals surface area contributed by atoms with Crippen molar-refractivity contribution in [2.75, 3.05) is 11.9 Å². The van der Waals surface area contributed by atoms with Gasteiger partial charge in [-0.05, 0) is 25.3 Å². The summed E-state index contributed by atoms with van der Waals surface area (Å²) in [7, 11) is 0. The molecule has 2 amide bonds. The first-order valence-electron chi connectivity index (χ1n) is 7.18. The van der Waals surface area contributed by atoms with E-state index in [1.807, 2.05) is 0 Å². The highest BCUT2D eigenvalue weighted by Crippen LogP contribution is 2.29. The van der Waals surface area contributed by atoms with Gasteiger partial charge in [-0.1, -0.05) is 0 Å². The number of carbonyl (C=O) groups is 2. The first-order chi connectivity index (χ1) is 11.7. The summed E-state index contributed by atoms with van der Waals surface area (Å²) in [5, 5.41) is 35.8. The van der Waals surface area contributed by atoms with Crippen LogP contribution < -0.4 is 16.4 Å². The van der Waals surface area contributed by atoms with E-state index in [1.165, 1.54) is 0 Å². The van der Waals surface area contributed by atoms with E-state index in [9.17, 15) is 34.9 Å². The van der Waals surface area contributed by atoms with E-state index >= 15 is 0 Å². The lowest BCUT2D eigenvalue weighted by Gasteiger charge is -2.15. The molecule has 0 heterocycles. The highest BCUT2D eigenvalue weighted by molar-refractivity contribution is 5.79. The molecule has 0 spiro atoms. The zero-order valence-corrected chi connectivity index (χ0v) is 13.0. The monoisotopic (exact) mass is 355 g/mol. The van der Waals surface area contributed by atoms with Gasteiger partial charge in [-0.15, -0.1) is 0 Å². The van der Waals surface area contributed by atoms with Gasteiger partial charge >= 0.3 is 12.0 Å². The minimum Gasteiger partial charge on any atom is -0.480 e. The first kappa shape index (κ1) is 19.6. The Morgan fingerprint density at radius 2 is 1.88 bits per heavy atom. The molecule has 12 nitrogen and oxygen atoms in total. The molecule has 1 aromatic rings. The Balaban J connectivity index is 2.80. The van der Waals surface area contributed by atoms with Gasteiger partial charge in [0.15, 0.2) is 0 Å². The maximum atomic E-state index is 11.3. The van der Waals surface area contributed by atoms with E-state index in [4.69, 9.17) is 5.73 Å². The third kappa shape index (κ3) is 6.29. The zero-order chi connectivity index (χ0) is 19.0. The number of hydrogen-bond donors (Lipinski definition) is 4. The smallest absolute Gasteiger partial charge is 0.326 e. The van der Waals surface area contributed by atoms with Crippen LogP contribution in [0.25, 0.3) is 0 Å². The highest BCUT2D eigenvalue weighted by atomic mass is 16.6. The van der Waals surface area contributed by atoms with Crippen molar-refractivity contribution in [3.63, 3.8) is 0 Å². The van der Waals surface area contributed by atoms with Crippen molar-refractivity contribution in [3.8, 4) is 0 Å². The summed E-state index contributed by atoms with van der Waals surface area (Å²) in [5.74, 6) is -1.23. The summed E-state index contributed by atoms with van der Waals surface area (Å²) in [4.78, 5) is 42.0. The Kier molecular flexibility index (Phi) is 7.06. The summed E-state index contributed by atoms with van der Waals surface area (Å²) >= 11 is 0. The number of nitrogens with two attached hydrogens (primary N) is 1. The maximum Gasteiger partial charge on any atom is 0.326 e. The van der Waals surface area contributed by atoms with Gasteiger partial charge in [-0.3, -0.25) is 20.2 Å². The fourth-order valence-electron chi connectivity index (χ4n) is 2.04. The molecule has 0 fully saturated rings. The van der Waals surface area contributed by atoms with E-state index in [2.05, 4.69) is 10.6 Å². The minimum absolute atomic E-state index is 0.127. The van der Waals surface area contributed by atoms with Crippen molar-refractivity contribution >= 4 is 29.1 Å². The Morgan fingerprint density at radius 1 is 1.20 bits per heavy atom. The van der Waals surface area contributed by atoms with Gasteiger partial charge in [-0.2, -0.15) is 0 Å².